The van der Waals surface area contributed by atoms with Crippen LogP contribution in [-0.2, 0) is 4.79 Å². The third-order valence-electron chi connectivity index (χ3n) is 6.32. The van der Waals surface area contributed by atoms with Crippen molar-refractivity contribution < 1.29 is 23.4 Å². The molecule has 5 nitrogen and oxygen atoms in total. The first-order valence-electron chi connectivity index (χ1n) is 9.89. The molecule has 3 aliphatic rings. The van der Waals surface area contributed by atoms with Crippen LogP contribution in [0, 0.1) is 0 Å². The van der Waals surface area contributed by atoms with Gasteiger partial charge in [-0.3, -0.25) is 4.79 Å². The Morgan fingerprint density at radius 1 is 1.39 bits per heavy atom. The van der Waals surface area contributed by atoms with Crippen LogP contribution in [-0.4, -0.2) is 45.2 Å². The van der Waals surface area contributed by atoms with Crippen molar-refractivity contribution in [1.29, 1.82) is 0 Å². The van der Waals surface area contributed by atoms with Gasteiger partial charge in [0.1, 0.15) is 5.75 Å². The van der Waals surface area contributed by atoms with E-state index in [-0.39, 0.29) is 29.7 Å². The highest BCUT2D eigenvalue weighted by atomic mass is 19.3. The molecule has 28 heavy (non-hydrogen) atoms. The van der Waals surface area contributed by atoms with Gasteiger partial charge >= 0.3 is 6.61 Å². The fourth-order valence-corrected chi connectivity index (χ4v) is 5.00. The third-order valence-corrected chi connectivity index (χ3v) is 6.32. The number of H-pyrrole nitrogens is 1. The zero-order chi connectivity index (χ0) is 20.1. The Kier molecular flexibility index (Phi) is 4.81. The van der Waals surface area contributed by atoms with Crippen LogP contribution in [0.2, 0.25) is 0 Å². The van der Waals surface area contributed by atoms with Gasteiger partial charge in [-0.25, -0.2) is 0 Å². The number of alkyl halides is 2. The molecule has 5 rings (SSSR count). The van der Waals surface area contributed by atoms with Crippen molar-refractivity contribution >= 4 is 16.8 Å². The lowest BCUT2D eigenvalue weighted by Crippen LogP contribution is -2.67. The second-order valence-electron chi connectivity index (χ2n) is 8.26. The number of hydrogen-bond acceptors (Lipinski definition) is 3. The monoisotopic (exact) mass is 392 g/mol. The number of carbonyl (C=O) groups is 1. The number of halogens is 2. The number of rotatable bonds is 6. The smallest absolute Gasteiger partial charge is 0.387 e. The first-order valence-corrected chi connectivity index (χ1v) is 9.89. The number of benzene rings is 1. The minimum Gasteiger partial charge on any atom is -0.434 e. The molecule has 7 heteroatoms. The normalized spacial score (nSPS) is 27.7. The number of ether oxygens (including phenoxy) is 1. The Morgan fingerprint density at radius 2 is 2.14 bits per heavy atom. The molecule has 0 spiro atoms. The number of aliphatic hydroxyl groups is 1. The first-order chi connectivity index (χ1) is 13.3. The summed E-state index contributed by atoms with van der Waals surface area (Å²) in [5.41, 5.74) is 0.919. The van der Waals surface area contributed by atoms with Crippen LogP contribution in [0.1, 0.15) is 57.4 Å². The molecule has 1 aliphatic carbocycles. The molecule has 1 aromatic heterocycles. The Hall–Kier alpha value is -2.15. The summed E-state index contributed by atoms with van der Waals surface area (Å²) < 4.78 is 30.3. The van der Waals surface area contributed by atoms with E-state index < -0.39 is 12.2 Å². The predicted octanol–water partition coefficient (Wildman–Crippen LogP) is 4.17. The van der Waals surface area contributed by atoms with Gasteiger partial charge in [0.2, 0.25) is 5.91 Å². The molecular formula is C21H26F2N2O3. The Morgan fingerprint density at radius 3 is 2.82 bits per heavy atom. The van der Waals surface area contributed by atoms with E-state index in [1.807, 2.05) is 18.7 Å². The first kappa shape index (κ1) is 19.2. The second-order valence-corrected chi connectivity index (χ2v) is 8.26. The topological polar surface area (TPSA) is 65.6 Å². The van der Waals surface area contributed by atoms with Crippen molar-refractivity contribution in [3.8, 4) is 5.75 Å². The van der Waals surface area contributed by atoms with Gasteiger partial charge in [0.15, 0.2) is 0 Å². The minimum absolute atomic E-state index is 0.0627. The average Bonchev–Trinajstić information content (AvgIpc) is 3.05. The van der Waals surface area contributed by atoms with Gasteiger partial charge in [-0.15, -0.1) is 0 Å². The summed E-state index contributed by atoms with van der Waals surface area (Å²) >= 11 is 0. The average molecular weight is 392 g/mol. The maximum atomic E-state index is 13.1. The van der Waals surface area contributed by atoms with Gasteiger partial charge in [-0.1, -0.05) is 19.9 Å². The van der Waals surface area contributed by atoms with Gasteiger partial charge in [0, 0.05) is 35.6 Å². The van der Waals surface area contributed by atoms with E-state index in [2.05, 4.69) is 4.98 Å². The Bertz CT molecular complexity index is 876. The molecule has 152 valence electrons. The maximum absolute atomic E-state index is 13.1. The van der Waals surface area contributed by atoms with E-state index in [1.54, 1.807) is 18.3 Å². The molecule has 3 fully saturated rings. The summed E-state index contributed by atoms with van der Waals surface area (Å²) in [6.07, 6.45) is 4.84. The van der Waals surface area contributed by atoms with Crippen LogP contribution in [0.15, 0.2) is 24.4 Å². The van der Waals surface area contributed by atoms with E-state index in [9.17, 15) is 18.7 Å². The number of amides is 1. The number of carbonyl (C=O) groups excluding carboxylic acids is 1. The Balaban J connectivity index is 1.55. The third kappa shape index (κ3) is 3.26. The predicted molar refractivity (Wildman–Crippen MR) is 101 cm³/mol. The number of fused-ring (bicyclic) bond motifs is 3. The molecule has 2 bridgehead atoms. The fraction of sp³-hybridized carbons (Fsp3) is 0.571. The minimum atomic E-state index is -2.90. The van der Waals surface area contributed by atoms with E-state index in [0.29, 0.717) is 36.6 Å². The zero-order valence-electron chi connectivity index (χ0n) is 16.1. The lowest BCUT2D eigenvalue weighted by atomic mass is 9.66. The number of hydrogen-bond donors (Lipinski definition) is 2. The Labute approximate surface area is 162 Å². The van der Waals surface area contributed by atoms with E-state index in [0.717, 1.165) is 12.0 Å². The van der Waals surface area contributed by atoms with Gasteiger partial charge in [0.25, 0.3) is 0 Å². The van der Waals surface area contributed by atoms with Gasteiger partial charge < -0.3 is 19.7 Å². The molecule has 2 aromatic rings. The summed E-state index contributed by atoms with van der Waals surface area (Å²) in [6.45, 7) is 1.07. The summed E-state index contributed by atoms with van der Waals surface area (Å²) in [4.78, 5) is 18.1. The number of nitrogens with one attached hydrogen (secondary N) is 1. The molecule has 1 amide bonds. The van der Waals surface area contributed by atoms with Gasteiger partial charge in [-0.05, 0) is 49.3 Å². The van der Waals surface area contributed by atoms with Crippen LogP contribution < -0.4 is 4.74 Å². The molecule has 2 aliphatic heterocycles. The summed E-state index contributed by atoms with van der Waals surface area (Å²) in [5, 5.41) is 11.0. The zero-order valence-corrected chi connectivity index (χ0v) is 16.1. The number of piperidine rings is 2. The summed E-state index contributed by atoms with van der Waals surface area (Å²) in [5.74, 6) is 0.0336. The number of aromatic nitrogens is 1. The highest BCUT2D eigenvalue weighted by Crippen LogP contribution is 2.47. The maximum Gasteiger partial charge on any atom is 0.387 e. The summed E-state index contributed by atoms with van der Waals surface area (Å²) in [6, 6.07) is 5.17. The highest BCUT2D eigenvalue weighted by Gasteiger charge is 2.54. The van der Waals surface area contributed by atoms with Crippen LogP contribution in [0.25, 0.3) is 10.9 Å². The largest absolute Gasteiger partial charge is 0.434 e. The van der Waals surface area contributed by atoms with Crippen molar-refractivity contribution in [2.45, 2.75) is 76.2 Å². The lowest BCUT2D eigenvalue weighted by molar-refractivity contribution is -0.178. The molecule has 2 atom stereocenters. The number of nitrogens with zero attached hydrogens (tertiary/aromatic N) is 1. The van der Waals surface area contributed by atoms with Crippen molar-refractivity contribution in [3.63, 3.8) is 0 Å². The van der Waals surface area contributed by atoms with Crippen LogP contribution in [0.4, 0.5) is 8.78 Å². The molecule has 3 heterocycles. The van der Waals surface area contributed by atoms with Crippen molar-refractivity contribution in [3.05, 3.63) is 30.0 Å². The molecule has 2 unspecified atom stereocenters. The van der Waals surface area contributed by atoms with Crippen LogP contribution in [0.5, 0.6) is 5.75 Å². The van der Waals surface area contributed by atoms with Gasteiger partial charge in [-0.2, -0.15) is 8.78 Å². The highest BCUT2D eigenvalue weighted by molar-refractivity contribution is 5.90. The van der Waals surface area contributed by atoms with Crippen LogP contribution >= 0.6 is 0 Å². The molecule has 0 radical (unpaired) electrons. The standard InChI is InChI=1S/C21H26F2N2O3/c1-3-13-8-21(27)9-14(10-21)25(13)18(26)7-12(2)15-11-24-16-5-4-6-17(19(15)16)28-20(22)23/h4-6,11-14,20,24,27H,3,7-10H2,1-2H3. The fourth-order valence-electron chi connectivity index (χ4n) is 5.00. The van der Waals surface area contributed by atoms with Crippen molar-refractivity contribution in [2.24, 2.45) is 0 Å². The molecule has 2 saturated heterocycles. The number of aromatic amines is 1. The van der Waals surface area contributed by atoms with Crippen molar-refractivity contribution in [2.75, 3.05) is 0 Å². The lowest BCUT2D eigenvalue weighted by Gasteiger charge is -2.58. The molecule has 1 saturated carbocycles. The van der Waals surface area contributed by atoms with Gasteiger partial charge in [0.05, 0.1) is 5.60 Å². The van der Waals surface area contributed by atoms with Crippen molar-refractivity contribution in [1.82, 2.24) is 9.88 Å². The SMILES string of the molecule is CCC1CC2(O)CC(C2)N1C(=O)CC(C)c1c[nH]c2cccc(OC(F)F)c12. The van der Waals surface area contributed by atoms with Crippen LogP contribution in [0.3, 0.4) is 0 Å². The quantitative estimate of drug-likeness (QED) is 0.776. The van der Waals surface area contributed by atoms with E-state index in [1.165, 1.54) is 6.07 Å². The van der Waals surface area contributed by atoms with E-state index >= 15 is 0 Å². The molecular weight excluding hydrogens is 366 g/mol. The molecule has 2 N–H and O–H groups in total. The molecule has 1 aromatic carbocycles. The van der Waals surface area contributed by atoms with E-state index in [4.69, 9.17) is 4.74 Å². The second kappa shape index (κ2) is 7.03. The summed E-state index contributed by atoms with van der Waals surface area (Å²) in [7, 11) is 0.